The molecule has 1 aromatic rings. The predicted octanol–water partition coefficient (Wildman–Crippen LogP) is 2.84. The molecule has 1 aromatic carbocycles. The summed E-state index contributed by atoms with van der Waals surface area (Å²) in [4.78, 5) is 17.0. The SMILES string of the molecule is O=C(CCN1CCC2(CC1)OCCO2)Nc1ccc(N2CCCCC2)cc1. The van der Waals surface area contributed by atoms with E-state index >= 15 is 0 Å². The molecule has 6 heteroatoms. The number of anilines is 2. The molecule has 3 aliphatic rings. The van der Waals surface area contributed by atoms with E-state index < -0.39 is 0 Å². The van der Waals surface area contributed by atoms with Gasteiger partial charge in [-0.2, -0.15) is 0 Å². The zero-order valence-corrected chi connectivity index (χ0v) is 16.1. The largest absolute Gasteiger partial charge is 0.372 e. The van der Waals surface area contributed by atoms with E-state index in [1.165, 1.54) is 24.9 Å². The Hall–Kier alpha value is -1.63. The van der Waals surface area contributed by atoms with E-state index in [0.29, 0.717) is 19.6 Å². The second-order valence-corrected chi connectivity index (χ2v) is 7.84. The number of amides is 1. The van der Waals surface area contributed by atoms with E-state index in [1.807, 2.05) is 12.1 Å². The molecular formula is C21H31N3O3. The third-order valence-electron chi connectivity index (χ3n) is 5.96. The molecule has 3 heterocycles. The summed E-state index contributed by atoms with van der Waals surface area (Å²) in [5.41, 5.74) is 2.14. The summed E-state index contributed by atoms with van der Waals surface area (Å²) < 4.78 is 11.5. The first-order chi connectivity index (χ1) is 13.2. The number of benzene rings is 1. The molecule has 0 saturated carbocycles. The lowest BCUT2D eigenvalue weighted by Gasteiger charge is -2.37. The molecule has 1 spiro atoms. The van der Waals surface area contributed by atoms with Gasteiger partial charge in [0.15, 0.2) is 5.79 Å². The quantitative estimate of drug-likeness (QED) is 0.860. The maximum atomic E-state index is 12.3. The number of carbonyl (C=O) groups excluding carboxylic acids is 1. The first kappa shape index (κ1) is 18.7. The Bertz CT molecular complexity index is 612. The fraction of sp³-hybridized carbons (Fsp3) is 0.667. The minimum absolute atomic E-state index is 0.0781. The van der Waals surface area contributed by atoms with Crippen LogP contribution in [-0.4, -0.2) is 62.5 Å². The lowest BCUT2D eigenvalue weighted by Crippen LogP contribution is -2.45. The molecule has 3 aliphatic heterocycles. The number of rotatable bonds is 5. The molecule has 6 nitrogen and oxygen atoms in total. The van der Waals surface area contributed by atoms with Gasteiger partial charge in [-0.25, -0.2) is 0 Å². The molecule has 3 fully saturated rings. The topological polar surface area (TPSA) is 54.0 Å². The van der Waals surface area contributed by atoms with Crippen LogP contribution in [0.3, 0.4) is 0 Å². The summed E-state index contributed by atoms with van der Waals surface area (Å²) in [6.45, 7) is 6.33. The van der Waals surface area contributed by atoms with Gasteiger partial charge in [-0.1, -0.05) is 0 Å². The highest BCUT2D eigenvalue weighted by atomic mass is 16.7. The van der Waals surface area contributed by atoms with Gasteiger partial charge >= 0.3 is 0 Å². The molecule has 0 unspecified atom stereocenters. The third-order valence-corrected chi connectivity index (χ3v) is 5.96. The zero-order chi connectivity index (χ0) is 18.5. The van der Waals surface area contributed by atoms with Gasteiger partial charge in [-0.15, -0.1) is 0 Å². The van der Waals surface area contributed by atoms with Crippen molar-refractivity contribution in [2.45, 2.75) is 44.3 Å². The Morgan fingerprint density at radius 1 is 0.963 bits per heavy atom. The first-order valence-corrected chi connectivity index (χ1v) is 10.4. The number of nitrogens with zero attached hydrogens (tertiary/aromatic N) is 2. The molecule has 0 radical (unpaired) electrons. The molecule has 1 N–H and O–H groups in total. The van der Waals surface area contributed by atoms with Crippen LogP contribution in [0.4, 0.5) is 11.4 Å². The minimum Gasteiger partial charge on any atom is -0.372 e. The molecule has 27 heavy (non-hydrogen) atoms. The molecular weight excluding hydrogens is 342 g/mol. The normalized spacial score (nSPS) is 22.9. The number of hydrogen-bond donors (Lipinski definition) is 1. The van der Waals surface area contributed by atoms with Gasteiger partial charge in [0, 0.05) is 63.4 Å². The number of carbonyl (C=O) groups is 1. The van der Waals surface area contributed by atoms with Crippen LogP contribution in [0.1, 0.15) is 38.5 Å². The van der Waals surface area contributed by atoms with Crippen molar-refractivity contribution in [2.24, 2.45) is 0 Å². The van der Waals surface area contributed by atoms with Crippen molar-refractivity contribution in [2.75, 3.05) is 56.2 Å². The second-order valence-electron chi connectivity index (χ2n) is 7.84. The molecule has 0 atom stereocenters. The van der Waals surface area contributed by atoms with E-state index in [9.17, 15) is 4.79 Å². The number of hydrogen-bond acceptors (Lipinski definition) is 5. The van der Waals surface area contributed by atoms with Crippen LogP contribution in [0, 0.1) is 0 Å². The molecule has 0 aromatic heterocycles. The number of ether oxygens (including phenoxy) is 2. The Morgan fingerprint density at radius 3 is 2.30 bits per heavy atom. The van der Waals surface area contributed by atoms with Crippen molar-refractivity contribution in [3.8, 4) is 0 Å². The molecule has 0 bridgehead atoms. The van der Waals surface area contributed by atoms with E-state index in [1.54, 1.807) is 0 Å². The van der Waals surface area contributed by atoms with Crippen LogP contribution < -0.4 is 10.2 Å². The van der Waals surface area contributed by atoms with Gasteiger partial charge in [0.25, 0.3) is 0 Å². The number of piperidine rings is 2. The first-order valence-electron chi connectivity index (χ1n) is 10.4. The number of likely N-dealkylation sites (tertiary alicyclic amines) is 1. The molecule has 4 rings (SSSR count). The summed E-state index contributed by atoms with van der Waals surface area (Å²) in [6.07, 6.45) is 6.19. The van der Waals surface area contributed by atoms with Gasteiger partial charge in [0.1, 0.15) is 0 Å². The predicted molar refractivity (Wildman–Crippen MR) is 106 cm³/mol. The Labute approximate surface area is 161 Å². The summed E-state index contributed by atoms with van der Waals surface area (Å²) in [5, 5.41) is 3.03. The average Bonchev–Trinajstić information content (AvgIpc) is 3.17. The summed E-state index contributed by atoms with van der Waals surface area (Å²) >= 11 is 0. The van der Waals surface area contributed by atoms with Gasteiger partial charge in [0.2, 0.25) is 5.91 Å². The molecule has 3 saturated heterocycles. The highest BCUT2D eigenvalue weighted by Gasteiger charge is 2.39. The van der Waals surface area contributed by atoms with Crippen LogP contribution in [0.5, 0.6) is 0 Å². The maximum absolute atomic E-state index is 12.3. The number of nitrogens with one attached hydrogen (secondary N) is 1. The summed E-state index contributed by atoms with van der Waals surface area (Å²) in [5.74, 6) is -0.260. The van der Waals surface area contributed by atoms with Gasteiger partial charge in [-0.05, 0) is 43.5 Å². The van der Waals surface area contributed by atoms with Crippen LogP contribution in [0.2, 0.25) is 0 Å². The Morgan fingerprint density at radius 2 is 1.63 bits per heavy atom. The zero-order valence-electron chi connectivity index (χ0n) is 16.1. The lowest BCUT2D eigenvalue weighted by atomic mass is 10.0. The minimum atomic E-state index is -0.338. The van der Waals surface area contributed by atoms with Crippen LogP contribution in [0.25, 0.3) is 0 Å². The smallest absolute Gasteiger partial charge is 0.225 e. The average molecular weight is 373 g/mol. The molecule has 148 valence electrons. The monoisotopic (exact) mass is 373 g/mol. The highest BCUT2D eigenvalue weighted by Crippen LogP contribution is 2.31. The van der Waals surface area contributed by atoms with Crippen LogP contribution in [0.15, 0.2) is 24.3 Å². The van der Waals surface area contributed by atoms with Gasteiger partial charge in [0.05, 0.1) is 13.2 Å². The standard InChI is InChI=1S/C21H31N3O3/c25-20(8-13-23-14-9-21(10-15-23)26-16-17-27-21)22-18-4-6-19(7-5-18)24-11-2-1-3-12-24/h4-7H,1-3,8-17H2,(H,22,25). The Balaban J connectivity index is 1.19. The fourth-order valence-corrected chi connectivity index (χ4v) is 4.29. The van der Waals surface area contributed by atoms with E-state index in [2.05, 4.69) is 27.2 Å². The summed E-state index contributed by atoms with van der Waals surface area (Å²) in [7, 11) is 0. The lowest BCUT2D eigenvalue weighted by molar-refractivity contribution is -0.185. The van der Waals surface area contributed by atoms with E-state index in [-0.39, 0.29) is 11.7 Å². The molecule has 0 aliphatic carbocycles. The van der Waals surface area contributed by atoms with Crippen molar-refractivity contribution >= 4 is 17.3 Å². The Kier molecular flexibility index (Phi) is 5.95. The third kappa shape index (κ3) is 4.81. The highest BCUT2D eigenvalue weighted by molar-refractivity contribution is 5.91. The van der Waals surface area contributed by atoms with E-state index in [4.69, 9.17) is 9.47 Å². The van der Waals surface area contributed by atoms with Crippen molar-refractivity contribution in [3.05, 3.63) is 24.3 Å². The van der Waals surface area contributed by atoms with Gasteiger partial charge < -0.3 is 24.6 Å². The van der Waals surface area contributed by atoms with Crippen LogP contribution >= 0.6 is 0 Å². The van der Waals surface area contributed by atoms with Crippen LogP contribution in [-0.2, 0) is 14.3 Å². The van der Waals surface area contributed by atoms with Crippen molar-refractivity contribution in [1.29, 1.82) is 0 Å². The van der Waals surface area contributed by atoms with Crippen molar-refractivity contribution in [3.63, 3.8) is 0 Å². The van der Waals surface area contributed by atoms with Crippen molar-refractivity contribution < 1.29 is 14.3 Å². The van der Waals surface area contributed by atoms with E-state index in [0.717, 1.165) is 51.3 Å². The maximum Gasteiger partial charge on any atom is 0.225 e. The summed E-state index contributed by atoms with van der Waals surface area (Å²) in [6, 6.07) is 8.27. The fourth-order valence-electron chi connectivity index (χ4n) is 4.29. The second kappa shape index (κ2) is 8.59. The van der Waals surface area contributed by atoms with Gasteiger partial charge in [-0.3, -0.25) is 4.79 Å². The molecule has 1 amide bonds. The van der Waals surface area contributed by atoms with Crippen molar-refractivity contribution in [1.82, 2.24) is 4.90 Å².